The Morgan fingerprint density at radius 3 is 1.59 bits per heavy atom. The quantitative estimate of drug-likeness (QED) is 0.323. The van der Waals surface area contributed by atoms with Crippen LogP contribution in [0.4, 0.5) is 0 Å². The predicted molar refractivity (Wildman–Crippen MR) is 116 cm³/mol. The van der Waals surface area contributed by atoms with Crippen molar-refractivity contribution < 1.29 is 0 Å². The highest BCUT2D eigenvalue weighted by Gasteiger charge is 2.12. The number of H-pyrrole nitrogens is 2. The van der Waals surface area contributed by atoms with Gasteiger partial charge in [0.25, 0.3) is 0 Å². The molecule has 0 fully saturated rings. The summed E-state index contributed by atoms with van der Waals surface area (Å²) < 4.78 is 0.903. The summed E-state index contributed by atoms with van der Waals surface area (Å²) >= 11 is 3.69. The van der Waals surface area contributed by atoms with Gasteiger partial charge in [-0.2, -0.15) is 0 Å². The highest BCUT2D eigenvalue weighted by atomic mass is 79.9. The van der Waals surface area contributed by atoms with Gasteiger partial charge in [0.15, 0.2) is 0 Å². The molecule has 27 heavy (non-hydrogen) atoms. The fourth-order valence-electron chi connectivity index (χ4n) is 3.39. The van der Waals surface area contributed by atoms with Gasteiger partial charge in [0.2, 0.25) is 0 Å². The summed E-state index contributed by atoms with van der Waals surface area (Å²) in [5, 5.41) is 0. The Balaban J connectivity index is 1.94. The Morgan fingerprint density at radius 1 is 0.667 bits per heavy atom. The number of hydrogen-bond acceptors (Lipinski definition) is 2. The van der Waals surface area contributed by atoms with Crippen LogP contribution in [0.5, 0.6) is 0 Å². The largest absolute Gasteiger partial charge is 0.355 e. The summed E-state index contributed by atoms with van der Waals surface area (Å²) in [6.07, 6.45) is 8.15. The second kappa shape index (κ2) is 6.06. The van der Waals surface area contributed by atoms with E-state index < -0.39 is 0 Å². The molecule has 132 valence electrons. The standard InChI is InChI=1S/C22H17BrN4/c1-12-16-5-3-14(24-16)11-15-4-6-17(25-15)13(2)19-8-10-21(27-19)22(23)20-9-7-18(12)26-20/h3-11,24-25H,1-2H3. The van der Waals surface area contributed by atoms with Crippen molar-refractivity contribution in [2.75, 3.05) is 0 Å². The minimum Gasteiger partial charge on any atom is -0.355 e. The van der Waals surface area contributed by atoms with Gasteiger partial charge in [-0.1, -0.05) is 0 Å². The van der Waals surface area contributed by atoms with Gasteiger partial charge in [-0.05, 0) is 95.5 Å². The molecule has 0 radical (unpaired) electrons. The number of rotatable bonds is 0. The van der Waals surface area contributed by atoms with Crippen LogP contribution in [0.25, 0.3) is 46.4 Å². The van der Waals surface area contributed by atoms with Crippen molar-refractivity contribution in [1.82, 2.24) is 19.9 Å². The molecule has 3 aromatic heterocycles. The Kier molecular flexibility index (Phi) is 3.65. The lowest BCUT2D eigenvalue weighted by Gasteiger charge is -1.95. The van der Waals surface area contributed by atoms with Crippen LogP contribution in [0, 0.1) is 13.8 Å². The van der Waals surface area contributed by atoms with E-state index in [0.29, 0.717) is 0 Å². The molecule has 0 saturated heterocycles. The molecule has 5 heteroatoms. The maximum Gasteiger partial charge on any atom is 0.0801 e. The van der Waals surface area contributed by atoms with Gasteiger partial charge in [-0.15, -0.1) is 0 Å². The van der Waals surface area contributed by atoms with E-state index >= 15 is 0 Å². The molecule has 2 aliphatic heterocycles. The molecule has 0 spiro atoms. The SMILES string of the molecule is Cc1c2nc(c(Br)c3nc(c(C)c4ccc(cc5ccc1[nH]5)[nH]4)C=C3)C=C2. The van der Waals surface area contributed by atoms with Crippen LogP contribution in [-0.2, 0) is 0 Å². The smallest absolute Gasteiger partial charge is 0.0801 e. The van der Waals surface area contributed by atoms with Gasteiger partial charge in [-0.25, -0.2) is 9.97 Å². The van der Waals surface area contributed by atoms with E-state index in [4.69, 9.17) is 9.97 Å². The normalized spacial score (nSPS) is 12.7. The second-order valence-electron chi connectivity index (χ2n) is 6.79. The van der Waals surface area contributed by atoms with Gasteiger partial charge in [0.05, 0.1) is 27.2 Å². The van der Waals surface area contributed by atoms with Crippen LogP contribution >= 0.6 is 15.9 Å². The second-order valence-corrected chi connectivity index (χ2v) is 7.59. The first kappa shape index (κ1) is 16.3. The van der Waals surface area contributed by atoms with Crippen molar-refractivity contribution in [3.8, 4) is 0 Å². The van der Waals surface area contributed by atoms with Crippen LogP contribution in [0.1, 0.15) is 33.9 Å². The Labute approximate surface area is 164 Å². The minimum absolute atomic E-state index is 0.888. The molecule has 8 bridgehead atoms. The van der Waals surface area contributed by atoms with Crippen molar-refractivity contribution in [1.29, 1.82) is 0 Å². The Bertz CT molecular complexity index is 1210. The summed E-state index contributed by atoms with van der Waals surface area (Å²) in [5.74, 6) is 0. The van der Waals surface area contributed by atoms with Gasteiger partial charge < -0.3 is 9.97 Å². The molecule has 3 aromatic rings. The van der Waals surface area contributed by atoms with Crippen molar-refractivity contribution in [2.45, 2.75) is 13.8 Å². The molecule has 5 rings (SSSR count). The highest BCUT2D eigenvalue weighted by molar-refractivity contribution is 9.10. The van der Waals surface area contributed by atoms with Crippen molar-refractivity contribution in [2.24, 2.45) is 0 Å². The fraction of sp³-hybridized carbons (Fsp3) is 0.0909. The molecule has 0 aromatic carbocycles. The fourth-order valence-corrected chi connectivity index (χ4v) is 3.83. The van der Waals surface area contributed by atoms with Crippen LogP contribution in [0.2, 0.25) is 0 Å². The Hall–Kier alpha value is -2.92. The van der Waals surface area contributed by atoms with E-state index in [1.54, 1.807) is 0 Å². The Morgan fingerprint density at radius 2 is 1.11 bits per heavy atom. The molecule has 0 unspecified atom stereocenters. The van der Waals surface area contributed by atoms with Crippen LogP contribution in [0.15, 0.2) is 34.8 Å². The zero-order valence-electron chi connectivity index (χ0n) is 15.0. The van der Waals surface area contributed by atoms with Crippen molar-refractivity contribution in [3.63, 3.8) is 0 Å². The molecular formula is C22H17BrN4. The molecular weight excluding hydrogens is 400 g/mol. The lowest BCUT2D eigenvalue weighted by Crippen LogP contribution is -1.85. The van der Waals surface area contributed by atoms with E-state index in [1.807, 2.05) is 24.3 Å². The third-order valence-electron chi connectivity index (χ3n) is 5.03. The molecule has 0 saturated carbocycles. The first-order chi connectivity index (χ1) is 13.1. The third kappa shape index (κ3) is 2.75. The van der Waals surface area contributed by atoms with Crippen LogP contribution in [-0.4, -0.2) is 19.9 Å². The number of aromatic amines is 2. The molecule has 0 atom stereocenters. The highest BCUT2D eigenvalue weighted by Crippen LogP contribution is 2.28. The van der Waals surface area contributed by atoms with Gasteiger partial charge >= 0.3 is 0 Å². The zero-order valence-corrected chi connectivity index (χ0v) is 16.6. The summed E-state index contributed by atoms with van der Waals surface area (Å²) in [4.78, 5) is 16.5. The third-order valence-corrected chi connectivity index (χ3v) is 5.85. The van der Waals surface area contributed by atoms with Crippen LogP contribution in [0.3, 0.4) is 0 Å². The number of nitrogens with one attached hydrogen (secondary N) is 2. The average molecular weight is 417 g/mol. The molecule has 0 aliphatic carbocycles. The van der Waals surface area contributed by atoms with Crippen molar-refractivity contribution >= 4 is 62.3 Å². The number of halogens is 1. The monoisotopic (exact) mass is 416 g/mol. The lowest BCUT2D eigenvalue weighted by molar-refractivity contribution is 1.22. The number of aromatic nitrogens is 4. The zero-order chi connectivity index (χ0) is 18.5. The number of hydrogen-bond donors (Lipinski definition) is 2. The molecule has 5 heterocycles. The first-order valence-electron chi connectivity index (χ1n) is 8.80. The topological polar surface area (TPSA) is 57.4 Å². The van der Waals surface area contributed by atoms with Gasteiger partial charge in [0, 0.05) is 22.1 Å². The van der Waals surface area contributed by atoms with E-state index in [1.165, 1.54) is 0 Å². The van der Waals surface area contributed by atoms with E-state index in [-0.39, 0.29) is 0 Å². The van der Waals surface area contributed by atoms with E-state index in [9.17, 15) is 0 Å². The van der Waals surface area contributed by atoms with E-state index in [2.05, 4.69) is 70.1 Å². The minimum atomic E-state index is 0.888. The lowest BCUT2D eigenvalue weighted by atomic mass is 10.2. The molecule has 2 N–H and O–H groups in total. The molecule has 2 aliphatic rings. The van der Waals surface area contributed by atoms with E-state index in [0.717, 1.165) is 60.4 Å². The predicted octanol–water partition coefficient (Wildman–Crippen LogP) is 6.03. The van der Waals surface area contributed by atoms with Gasteiger partial charge in [-0.3, -0.25) is 0 Å². The number of nitrogens with zero attached hydrogens (tertiary/aromatic N) is 2. The summed E-state index contributed by atoms with van der Waals surface area (Å²) in [6.45, 7) is 4.17. The maximum absolute atomic E-state index is 4.80. The number of aryl methyl sites for hydroxylation is 2. The molecule has 0 amide bonds. The van der Waals surface area contributed by atoms with Crippen LogP contribution < -0.4 is 0 Å². The van der Waals surface area contributed by atoms with Gasteiger partial charge in [0.1, 0.15) is 0 Å². The molecule has 4 nitrogen and oxygen atoms in total. The average Bonchev–Trinajstić information content (AvgIpc) is 3.46. The summed E-state index contributed by atoms with van der Waals surface area (Å²) in [5.41, 5.74) is 10.2. The van der Waals surface area contributed by atoms with Crippen molar-refractivity contribution in [3.05, 3.63) is 68.7 Å². The number of fused-ring (bicyclic) bond motifs is 8. The summed E-state index contributed by atoms with van der Waals surface area (Å²) in [7, 11) is 0. The first-order valence-corrected chi connectivity index (χ1v) is 9.60. The maximum atomic E-state index is 4.80. The summed E-state index contributed by atoms with van der Waals surface area (Å²) in [6, 6.07) is 10.5.